The van der Waals surface area contributed by atoms with Crippen LogP contribution in [-0.2, 0) is 4.79 Å². The monoisotopic (exact) mass is 344 g/mol. The molecule has 0 aliphatic carbocycles. The Hall–Kier alpha value is -0.620. The van der Waals surface area contributed by atoms with Gasteiger partial charge in [-0.15, -0.1) is 0 Å². The van der Waals surface area contributed by atoms with Crippen molar-refractivity contribution in [2.75, 3.05) is 18.4 Å². The molecule has 0 bridgehead atoms. The van der Waals surface area contributed by atoms with Crippen LogP contribution in [0.2, 0.25) is 0 Å². The normalized spacial score (nSPS) is 20.0. The van der Waals surface area contributed by atoms with Gasteiger partial charge >= 0.3 is 0 Å². The molecule has 1 aliphatic rings. The average molecular weight is 344 g/mol. The van der Waals surface area contributed by atoms with Crippen LogP contribution >= 0.6 is 22.6 Å². The first-order valence-corrected chi connectivity index (χ1v) is 7.02. The van der Waals surface area contributed by atoms with Crippen molar-refractivity contribution in [2.24, 2.45) is 5.92 Å². The molecule has 1 fully saturated rings. The van der Waals surface area contributed by atoms with Crippen LogP contribution in [-0.4, -0.2) is 19.0 Å². The van der Waals surface area contributed by atoms with Crippen LogP contribution in [0.4, 0.5) is 5.69 Å². The number of anilines is 1. The minimum Gasteiger partial charge on any atom is -0.326 e. The summed E-state index contributed by atoms with van der Waals surface area (Å²) >= 11 is 2.29. The van der Waals surface area contributed by atoms with E-state index in [1.807, 2.05) is 18.2 Å². The summed E-state index contributed by atoms with van der Waals surface area (Å²) in [7, 11) is 0. The number of piperidine rings is 1. The van der Waals surface area contributed by atoms with E-state index in [2.05, 4.69) is 40.1 Å². The Bertz CT molecular complexity index is 414. The van der Waals surface area contributed by atoms with Crippen LogP contribution in [0.3, 0.4) is 0 Å². The summed E-state index contributed by atoms with van der Waals surface area (Å²) < 4.78 is 1.18. The third-order valence-electron chi connectivity index (χ3n) is 3.11. The van der Waals surface area contributed by atoms with Gasteiger partial charge in [-0.05, 0) is 66.6 Å². The molecule has 1 amide bonds. The van der Waals surface area contributed by atoms with Crippen LogP contribution < -0.4 is 10.6 Å². The van der Waals surface area contributed by atoms with Gasteiger partial charge in [0.15, 0.2) is 0 Å². The Morgan fingerprint density at radius 3 is 3.00 bits per heavy atom. The van der Waals surface area contributed by atoms with Crippen molar-refractivity contribution in [2.45, 2.75) is 19.8 Å². The number of nitrogens with one attached hydrogen (secondary N) is 2. The second kappa shape index (κ2) is 5.82. The van der Waals surface area contributed by atoms with Crippen molar-refractivity contribution in [1.29, 1.82) is 0 Å². The van der Waals surface area contributed by atoms with Gasteiger partial charge in [-0.3, -0.25) is 4.79 Å². The van der Waals surface area contributed by atoms with Gasteiger partial charge in [-0.25, -0.2) is 0 Å². The van der Waals surface area contributed by atoms with Gasteiger partial charge in [0.05, 0.1) is 5.92 Å². The second-order valence-electron chi connectivity index (χ2n) is 4.50. The maximum atomic E-state index is 12.0. The van der Waals surface area contributed by atoms with Gasteiger partial charge in [0.2, 0.25) is 5.91 Å². The first kappa shape index (κ1) is 12.8. The van der Waals surface area contributed by atoms with Crippen LogP contribution in [0.25, 0.3) is 0 Å². The third-order valence-corrected chi connectivity index (χ3v) is 4.27. The van der Waals surface area contributed by atoms with Crippen LogP contribution in [0.1, 0.15) is 18.4 Å². The Morgan fingerprint density at radius 2 is 2.35 bits per heavy atom. The first-order valence-electron chi connectivity index (χ1n) is 5.94. The fourth-order valence-corrected chi connectivity index (χ4v) is 2.51. The molecule has 0 saturated carbocycles. The van der Waals surface area contributed by atoms with Gasteiger partial charge in [-0.2, -0.15) is 0 Å². The summed E-state index contributed by atoms with van der Waals surface area (Å²) in [5.74, 6) is 0.250. The highest BCUT2D eigenvalue weighted by Crippen LogP contribution is 2.19. The number of carbonyl (C=O) groups is 1. The summed E-state index contributed by atoms with van der Waals surface area (Å²) in [6, 6.07) is 6.02. The number of amides is 1. The number of hydrogen-bond acceptors (Lipinski definition) is 2. The highest BCUT2D eigenvalue weighted by Gasteiger charge is 2.20. The third kappa shape index (κ3) is 3.42. The lowest BCUT2D eigenvalue weighted by Crippen LogP contribution is -2.37. The van der Waals surface area contributed by atoms with E-state index in [1.165, 1.54) is 9.13 Å². The SMILES string of the molecule is Cc1ccc(NC(=O)C2CCCNC2)cc1I. The number of rotatable bonds is 2. The van der Waals surface area contributed by atoms with Crippen molar-refractivity contribution >= 4 is 34.2 Å². The molecule has 3 nitrogen and oxygen atoms in total. The number of carbonyl (C=O) groups excluding carboxylic acids is 1. The lowest BCUT2D eigenvalue weighted by Gasteiger charge is -2.22. The number of hydrogen-bond donors (Lipinski definition) is 2. The molecule has 1 heterocycles. The van der Waals surface area contributed by atoms with E-state index in [0.29, 0.717) is 0 Å². The molecule has 0 aromatic heterocycles. The molecule has 1 aromatic rings. The molecular formula is C13H17IN2O. The van der Waals surface area contributed by atoms with Crippen molar-refractivity contribution in [3.63, 3.8) is 0 Å². The molecule has 2 N–H and O–H groups in total. The quantitative estimate of drug-likeness (QED) is 0.810. The number of aryl methyl sites for hydroxylation is 1. The maximum absolute atomic E-state index is 12.0. The number of halogens is 1. The summed E-state index contributed by atoms with van der Waals surface area (Å²) in [5.41, 5.74) is 2.14. The Labute approximate surface area is 116 Å². The molecule has 0 radical (unpaired) electrons. The second-order valence-corrected chi connectivity index (χ2v) is 5.66. The Balaban J connectivity index is 1.99. The molecular weight excluding hydrogens is 327 g/mol. The van der Waals surface area contributed by atoms with E-state index in [0.717, 1.165) is 31.6 Å². The van der Waals surface area contributed by atoms with Crippen molar-refractivity contribution in [3.8, 4) is 0 Å². The fraction of sp³-hybridized carbons (Fsp3) is 0.462. The lowest BCUT2D eigenvalue weighted by molar-refractivity contribution is -0.120. The zero-order chi connectivity index (χ0) is 12.3. The van der Waals surface area contributed by atoms with Crippen LogP contribution in [0.5, 0.6) is 0 Å². The molecule has 0 spiro atoms. The highest BCUT2D eigenvalue weighted by molar-refractivity contribution is 14.1. The summed E-state index contributed by atoms with van der Waals surface area (Å²) in [6.45, 7) is 3.90. The first-order chi connectivity index (χ1) is 8.16. The highest BCUT2D eigenvalue weighted by atomic mass is 127. The van der Waals surface area contributed by atoms with E-state index in [1.54, 1.807) is 0 Å². The molecule has 92 valence electrons. The molecule has 1 saturated heterocycles. The zero-order valence-electron chi connectivity index (χ0n) is 9.92. The molecule has 2 rings (SSSR count). The minimum atomic E-state index is 0.114. The summed E-state index contributed by atoms with van der Waals surface area (Å²) in [6.07, 6.45) is 2.07. The predicted molar refractivity (Wildman–Crippen MR) is 78.1 cm³/mol. The maximum Gasteiger partial charge on any atom is 0.228 e. The van der Waals surface area contributed by atoms with Gasteiger partial charge in [-0.1, -0.05) is 6.07 Å². The van der Waals surface area contributed by atoms with E-state index in [4.69, 9.17) is 0 Å². The molecule has 1 aromatic carbocycles. The zero-order valence-corrected chi connectivity index (χ0v) is 12.1. The average Bonchev–Trinajstić information content (AvgIpc) is 2.35. The van der Waals surface area contributed by atoms with Gasteiger partial charge < -0.3 is 10.6 Å². The largest absolute Gasteiger partial charge is 0.326 e. The lowest BCUT2D eigenvalue weighted by atomic mass is 9.99. The molecule has 17 heavy (non-hydrogen) atoms. The Kier molecular flexibility index (Phi) is 4.39. The van der Waals surface area contributed by atoms with Gasteiger partial charge in [0.1, 0.15) is 0 Å². The van der Waals surface area contributed by atoms with Crippen LogP contribution in [0, 0.1) is 16.4 Å². The molecule has 4 heteroatoms. The van der Waals surface area contributed by atoms with Gasteiger partial charge in [0, 0.05) is 15.8 Å². The standard InChI is InChI=1S/C13H17IN2O/c1-9-4-5-11(7-12(9)14)16-13(17)10-3-2-6-15-8-10/h4-5,7,10,15H,2-3,6,8H2,1H3,(H,16,17). The van der Waals surface area contributed by atoms with E-state index in [-0.39, 0.29) is 11.8 Å². The van der Waals surface area contributed by atoms with Crippen molar-refractivity contribution in [3.05, 3.63) is 27.3 Å². The van der Waals surface area contributed by atoms with Crippen molar-refractivity contribution < 1.29 is 4.79 Å². The minimum absolute atomic E-state index is 0.114. The molecule has 1 aliphatic heterocycles. The van der Waals surface area contributed by atoms with Crippen LogP contribution in [0.15, 0.2) is 18.2 Å². The molecule has 1 atom stereocenters. The van der Waals surface area contributed by atoms with Gasteiger partial charge in [0.25, 0.3) is 0 Å². The van der Waals surface area contributed by atoms with E-state index in [9.17, 15) is 4.79 Å². The predicted octanol–water partition coefficient (Wildman–Crippen LogP) is 2.54. The van der Waals surface area contributed by atoms with E-state index >= 15 is 0 Å². The Morgan fingerprint density at radius 1 is 1.53 bits per heavy atom. The van der Waals surface area contributed by atoms with E-state index < -0.39 is 0 Å². The molecule has 1 unspecified atom stereocenters. The summed E-state index contributed by atoms with van der Waals surface area (Å²) in [4.78, 5) is 12.0. The topological polar surface area (TPSA) is 41.1 Å². The smallest absolute Gasteiger partial charge is 0.228 e. The van der Waals surface area contributed by atoms with Crippen molar-refractivity contribution in [1.82, 2.24) is 5.32 Å². The number of benzene rings is 1. The summed E-state index contributed by atoms with van der Waals surface area (Å²) in [5, 5.41) is 6.26. The fourth-order valence-electron chi connectivity index (χ4n) is 1.99.